The molecule has 2 aromatic carbocycles. The highest BCUT2D eigenvalue weighted by atomic mass is 35.5. The molecule has 1 saturated carbocycles. The number of para-hydroxylation sites is 2. The van der Waals surface area contributed by atoms with Crippen LogP contribution in [0.5, 0.6) is 0 Å². The largest absolute Gasteiger partial charge is 0.480 e. The van der Waals surface area contributed by atoms with E-state index in [-0.39, 0.29) is 28.3 Å². The lowest BCUT2D eigenvalue weighted by Crippen LogP contribution is -2.43. The Bertz CT molecular complexity index is 1050. The number of rotatable bonds is 5. The number of carbonyl (C=O) groups is 2. The predicted octanol–water partition coefficient (Wildman–Crippen LogP) is 3.44. The van der Waals surface area contributed by atoms with Crippen molar-refractivity contribution >= 4 is 46.6 Å². The molecule has 1 heterocycles. The van der Waals surface area contributed by atoms with Crippen molar-refractivity contribution in [2.75, 3.05) is 5.32 Å². The van der Waals surface area contributed by atoms with Gasteiger partial charge in [0.05, 0.1) is 26.4 Å². The number of carboxylic acids is 1. The van der Waals surface area contributed by atoms with Gasteiger partial charge in [-0.15, -0.1) is 23.4 Å². The van der Waals surface area contributed by atoms with Crippen LogP contribution in [-0.4, -0.2) is 38.6 Å². The van der Waals surface area contributed by atoms with Crippen molar-refractivity contribution in [3.63, 3.8) is 0 Å². The number of halogens is 1. The van der Waals surface area contributed by atoms with Crippen LogP contribution in [-0.2, 0) is 4.79 Å². The fourth-order valence-corrected chi connectivity index (χ4v) is 6.41. The Balaban J connectivity index is 1.73. The number of nitrogens with zero attached hydrogens (tertiary/aromatic N) is 1. The van der Waals surface area contributed by atoms with E-state index in [1.807, 2.05) is 6.07 Å². The second-order valence-corrected chi connectivity index (χ2v) is 9.13. The van der Waals surface area contributed by atoms with Gasteiger partial charge in [0.1, 0.15) is 6.04 Å². The average molecular weight is 448 g/mol. The van der Waals surface area contributed by atoms with E-state index >= 15 is 0 Å². The van der Waals surface area contributed by atoms with E-state index in [2.05, 4.69) is 5.32 Å². The number of carboxylic acid groups (broad SMARTS) is 1. The summed E-state index contributed by atoms with van der Waals surface area (Å²) in [4.78, 5) is 35.3. The molecule has 0 unspecified atom stereocenters. The lowest BCUT2D eigenvalue weighted by Gasteiger charge is -2.36. The summed E-state index contributed by atoms with van der Waals surface area (Å²) in [7, 11) is 0. The lowest BCUT2D eigenvalue weighted by atomic mass is 9.78. The van der Waals surface area contributed by atoms with Gasteiger partial charge in [0.2, 0.25) is 0 Å². The predicted molar refractivity (Wildman–Crippen MR) is 113 cm³/mol. The number of anilines is 1. The Hall–Kier alpha value is -2.78. The van der Waals surface area contributed by atoms with Gasteiger partial charge in [-0.1, -0.05) is 24.3 Å². The minimum Gasteiger partial charge on any atom is -0.480 e. The molecule has 156 valence electrons. The standard InChI is InChI=1S/C20H18ClN3O5S/c21-16-14(30-13-7-2-1-6-12(13)24(28)29)8-11-15(16)9-4-3-5-10(19(22)25)17(9)23-18(11)20(26)27/h1-7,11,14-16,18,23H,8H2,(H2,22,25)(H,26,27)/t11-,14+,15-,16-,18+/m1/s1. The molecular weight excluding hydrogens is 430 g/mol. The van der Waals surface area contributed by atoms with Gasteiger partial charge in [0, 0.05) is 17.2 Å². The zero-order chi connectivity index (χ0) is 21.6. The zero-order valence-electron chi connectivity index (χ0n) is 15.5. The molecule has 0 aromatic heterocycles. The summed E-state index contributed by atoms with van der Waals surface area (Å²) in [5.41, 5.74) is 6.84. The second kappa shape index (κ2) is 7.81. The quantitative estimate of drug-likeness (QED) is 0.363. The van der Waals surface area contributed by atoms with Crippen molar-refractivity contribution in [3.8, 4) is 0 Å². The third kappa shape index (κ3) is 3.37. The number of nitro benzene ring substituents is 1. The molecule has 30 heavy (non-hydrogen) atoms. The van der Waals surface area contributed by atoms with Gasteiger partial charge >= 0.3 is 5.97 Å². The smallest absolute Gasteiger partial charge is 0.326 e. The highest BCUT2D eigenvalue weighted by Gasteiger charge is 2.52. The normalized spacial score (nSPS) is 26.9. The molecule has 5 atom stereocenters. The number of fused-ring (bicyclic) bond motifs is 3. The summed E-state index contributed by atoms with van der Waals surface area (Å²) in [6.45, 7) is 0. The van der Waals surface area contributed by atoms with Gasteiger partial charge in [-0.05, 0) is 30.0 Å². The van der Waals surface area contributed by atoms with E-state index in [0.717, 1.165) is 5.56 Å². The number of carbonyl (C=O) groups excluding carboxylic acids is 1. The molecule has 10 heteroatoms. The van der Waals surface area contributed by atoms with E-state index in [1.54, 1.807) is 30.3 Å². The molecule has 2 aromatic rings. The first kappa shape index (κ1) is 20.5. The number of alkyl halides is 1. The molecule has 8 nitrogen and oxygen atoms in total. The van der Waals surface area contributed by atoms with Crippen molar-refractivity contribution in [1.82, 2.24) is 0 Å². The van der Waals surface area contributed by atoms with Gasteiger partial charge in [-0.2, -0.15) is 0 Å². The first-order valence-electron chi connectivity index (χ1n) is 9.25. The number of hydrogen-bond donors (Lipinski definition) is 3. The molecule has 2 aliphatic rings. The van der Waals surface area contributed by atoms with Crippen LogP contribution in [0.15, 0.2) is 47.4 Å². The van der Waals surface area contributed by atoms with Gasteiger partial charge < -0.3 is 16.2 Å². The maximum absolute atomic E-state index is 12.0. The van der Waals surface area contributed by atoms with E-state index < -0.39 is 28.2 Å². The number of aliphatic carboxylic acids is 1. The molecule has 1 aliphatic heterocycles. The zero-order valence-corrected chi connectivity index (χ0v) is 17.1. The summed E-state index contributed by atoms with van der Waals surface area (Å²) in [6, 6.07) is 10.5. The summed E-state index contributed by atoms with van der Waals surface area (Å²) in [5.74, 6) is -2.36. The molecule has 4 rings (SSSR count). The van der Waals surface area contributed by atoms with Crippen LogP contribution in [0, 0.1) is 16.0 Å². The van der Waals surface area contributed by atoms with Crippen molar-refractivity contribution in [1.29, 1.82) is 0 Å². The molecule has 1 aliphatic carbocycles. The first-order chi connectivity index (χ1) is 14.3. The van der Waals surface area contributed by atoms with Crippen LogP contribution in [0.1, 0.15) is 28.3 Å². The fraction of sp³-hybridized carbons (Fsp3) is 0.300. The van der Waals surface area contributed by atoms with Crippen molar-refractivity contribution < 1.29 is 19.6 Å². The minimum absolute atomic E-state index is 0.00874. The van der Waals surface area contributed by atoms with Crippen molar-refractivity contribution in [2.45, 2.75) is 33.9 Å². The highest BCUT2D eigenvalue weighted by molar-refractivity contribution is 8.00. The molecule has 1 amide bonds. The Morgan fingerprint density at radius 2 is 1.97 bits per heavy atom. The van der Waals surface area contributed by atoms with Gasteiger partial charge in [-0.3, -0.25) is 14.9 Å². The number of hydrogen-bond acceptors (Lipinski definition) is 6. The summed E-state index contributed by atoms with van der Waals surface area (Å²) in [6.07, 6.45) is 0.458. The molecule has 4 N–H and O–H groups in total. The number of amides is 1. The van der Waals surface area contributed by atoms with Gasteiger partial charge in [0.25, 0.3) is 11.6 Å². The number of thioether (sulfide) groups is 1. The number of benzene rings is 2. The molecular formula is C20H18ClN3O5S. The Labute approximate surface area is 180 Å². The molecule has 1 fully saturated rings. The van der Waals surface area contributed by atoms with Crippen molar-refractivity contribution in [3.05, 3.63) is 63.7 Å². The first-order valence-corrected chi connectivity index (χ1v) is 10.6. The Morgan fingerprint density at radius 1 is 1.23 bits per heavy atom. The molecule has 0 spiro atoms. The van der Waals surface area contributed by atoms with Crippen LogP contribution in [0.25, 0.3) is 0 Å². The summed E-state index contributed by atoms with van der Waals surface area (Å²) >= 11 is 8.13. The van der Waals surface area contributed by atoms with E-state index in [0.29, 0.717) is 17.0 Å². The maximum atomic E-state index is 12.0. The van der Waals surface area contributed by atoms with Crippen LogP contribution >= 0.6 is 23.4 Å². The fourth-order valence-electron chi connectivity index (χ4n) is 4.46. The Morgan fingerprint density at radius 3 is 2.63 bits per heavy atom. The number of primary amides is 1. The van der Waals surface area contributed by atoms with Crippen LogP contribution in [0.4, 0.5) is 11.4 Å². The number of nitro groups is 1. The third-order valence-corrected chi connectivity index (χ3v) is 7.83. The van der Waals surface area contributed by atoms with Crippen LogP contribution in [0.3, 0.4) is 0 Å². The Kier molecular flexibility index (Phi) is 5.33. The van der Waals surface area contributed by atoms with Gasteiger partial charge in [-0.25, -0.2) is 4.79 Å². The topological polar surface area (TPSA) is 136 Å². The van der Waals surface area contributed by atoms with Crippen LogP contribution in [0.2, 0.25) is 0 Å². The average Bonchev–Trinajstić information content (AvgIpc) is 3.03. The molecule has 0 saturated heterocycles. The third-order valence-electron chi connectivity index (χ3n) is 5.72. The van der Waals surface area contributed by atoms with E-state index in [4.69, 9.17) is 17.3 Å². The van der Waals surface area contributed by atoms with Gasteiger partial charge in [0.15, 0.2) is 0 Å². The number of nitrogens with one attached hydrogen (secondary N) is 1. The maximum Gasteiger partial charge on any atom is 0.326 e. The SMILES string of the molecule is NC(=O)c1cccc2c1N[C@H](C(=O)O)[C@@H]1C[C@H](Sc3ccccc3[N+](=O)[O-])[C@@H](Cl)[C@H]21. The summed E-state index contributed by atoms with van der Waals surface area (Å²) < 4.78 is 0. The summed E-state index contributed by atoms with van der Waals surface area (Å²) in [5, 5.41) is 23.4. The number of nitrogens with two attached hydrogens (primary N) is 1. The highest BCUT2D eigenvalue weighted by Crippen LogP contribution is 2.55. The minimum atomic E-state index is -1.05. The van der Waals surface area contributed by atoms with E-state index in [1.165, 1.54) is 17.8 Å². The van der Waals surface area contributed by atoms with Crippen LogP contribution < -0.4 is 11.1 Å². The van der Waals surface area contributed by atoms with E-state index in [9.17, 15) is 24.8 Å². The van der Waals surface area contributed by atoms with Crippen molar-refractivity contribution in [2.24, 2.45) is 11.7 Å². The molecule has 0 bridgehead atoms. The molecule has 0 radical (unpaired) electrons. The second-order valence-electron chi connectivity index (χ2n) is 7.35. The monoisotopic (exact) mass is 447 g/mol. The lowest BCUT2D eigenvalue weighted by molar-refractivity contribution is -0.387.